The van der Waals surface area contributed by atoms with Crippen LogP contribution in [0.25, 0.3) is 0 Å². The summed E-state index contributed by atoms with van der Waals surface area (Å²) >= 11 is 1.44. The number of piperazine rings is 1. The van der Waals surface area contributed by atoms with E-state index in [4.69, 9.17) is 0 Å². The summed E-state index contributed by atoms with van der Waals surface area (Å²) in [7, 11) is 2.00. The molecule has 0 aliphatic carbocycles. The molecule has 9 nitrogen and oxygen atoms in total. The van der Waals surface area contributed by atoms with Gasteiger partial charge in [-0.2, -0.15) is 0 Å². The van der Waals surface area contributed by atoms with E-state index in [0.29, 0.717) is 44.6 Å². The molecule has 2 aromatic heterocycles. The Balaban J connectivity index is 1.53. The minimum absolute atomic E-state index is 0.0287. The first-order chi connectivity index (χ1) is 13.0. The van der Waals surface area contributed by atoms with E-state index in [-0.39, 0.29) is 18.4 Å². The molecule has 3 heterocycles. The second-order valence-electron chi connectivity index (χ2n) is 6.91. The molecule has 0 N–H and O–H groups in total. The van der Waals surface area contributed by atoms with Crippen LogP contribution < -0.4 is 0 Å². The molecule has 1 aliphatic heterocycles. The molecule has 0 bridgehead atoms. The zero-order valence-electron chi connectivity index (χ0n) is 15.9. The van der Waals surface area contributed by atoms with Gasteiger partial charge in [-0.3, -0.25) is 14.5 Å². The number of hydrogen-bond acceptors (Lipinski definition) is 7. The minimum atomic E-state index is -0.0287. The number of carbonyl (C=O) groups excluding carboxylic acids is 2. The van der Waals surface area contributed by atoms with Gasteiger partial charge in [-0.05, 0) is 42.8 Å². The lowest BCUT2D eigenvalue weighted by Gasteiger charge is -2.34. The van der Waals surface area contributed by atoms with Crippen LogP contribution in [0.5, 0.6) is 0 Å². The van der Waals surface area contributed by atoms with E-state index in [9.17, 15) is 9.59 Å². The Labute approximate surface area is 162 Å². The lowest BCUT2D eigenvalue weighted by atomic mass is 10.3. The molecule has 1 aliphatic rings. The summed E-state index contributed by atoms with van der Waals surface area (Å²) in [4.78, 5) is 31.5. The van der Waals surface area contributed by atoms with Crippen LogP contribution >= 0.6 is 11.3 Å². The van der Waals surface area contributed by atoms with Gasteiger partial charge in [-0.15, -0.1) is 16.4 Å². The topological polar surface area (TPSA) is 87.5 Å². The predicted octanol–water partition coefficient (Wildman–Crippen LogP) is 0.559. The van der Waals surface area contributed by atoms with Gasteiger partial charge in [0.1, 0.15) is 6.54 Å². The van der Waals surface area contributed by atoms with Crippen molar-refractivity contribution < 1.29 is 9.59 Å². The average molecular weight is 392 g/mol. The first-order valence-corrected chi connectivity index (χ1v) is 9.89. The van der Waals surface area contributed by atoms with Gasteiger partial charge in [0, 0.05) is 32.2 Å². The second-order valence-corrected chi connectivity index (χ2v) is 7.86. The molecule has 1 saturated heterocycles. The highest BCUT2D eigenvalue weighted by Crippen LogP contribution is 2.14. The number of thiophene rings is 1. The third-order valence-electron chi connectivity index (χ3n) is 4.82. The van der Waals surface area contributed by atoms with E-state index in [0.717, 1.165) is 4.88 Å². The summed E-state index contributed by atoms with van der Waals surface area (Å²) in [6, 6.07) is 4.07. The van der Waals surface area contributed by atoms with Crippen molar-refractivity contribution >= 4 is 23.2 Å². The zero-order valence-corrected chi connectivity index (χ0v) is 16.7. The van der Waals surface area contributed by atoms with Crippen LogP contribution in [-0.4, -0.2) is 86.0 Å². The molecule has 1 fully saturated rings. The van der Waals surface area contributed by atoms with Crippen molar-refractivity contribution in [1.82, 2.24) is 34.9 Å². The lowest BCUT2D eigenvalue weighted by molar-refractivity contribution is -0.133. The molecule has 27 heavy (non-hydrogen) atoms. The van der Waals surface area contributed by atoms with Crippen LogP contribution in [0.1, 0.15) is 29.3 Å². The standard InChI is InChI=1S/C17H25N7O2S/c1-13(2)21(3)11-15-18-19-20-24(15)12-16(25)22-6-8-23(9-7-22)17(26)14-5-4-10-27-14/h4-5,10,13H,6-9,11-12H2,1-3H3. The van der Waals surface area contributed by atoms with Crippen molar-refractivity contribution in [2.75, 3.05) is 33.2 Å². The molecule has 0 unspecified atom stereocenters. The number of hydrogen-bond donors (Lipinski definition) is 0. The smallest absolute Gasteiger partial charge is 0.264 e. The fraction of sp³-hybridized carbons (Fsp3) is 0.588. The Kier molecular flexibility index (Phi) is 6.17. The fourth-order valence-electron chi connectivity index (χ4n) is 2.81. The first-order valence-electron chi connectivity index (χ1n) is 9.01. The van der Waals surface area contributed by atoms with Gasteiger partial charge in [-0.25, -0.2) is 4.68 Å². The molecule has 0 spiro atoms. The van der Waals surface area contributed by atoms with Crippen LogP contribution in [0.4, 0.5) is 0 Å². The van der Waals surface area contributed by atoms with E-state index in [1.165, 1.54) is 11.3 Å². The van der Waals surface area contributed by atoms with Gasteiger partial charge in [0.25, 0.3) is 5.91 Å². The molecule has 2 amide bonds. The molecular formula is C17H25N7O2S. The molecule has 146 valence electrons. The Bertz CT molecular complexity index is 766. The van der Waals surface area contributed by atoms with Gasteiger partial charge in [0.15, 0.2) is 5.82 Å². The maximum atomic E-state index is 12.6. The highest BCUT2D eigenvalue weighted by atomic mass is 32.1. The van der Waals surface area contributed by atoms with Crippen LogP contribution in [0, 0.1) is 0 Å². The number of amides is 2. The van der Waals surface area contributed by atoms with Crippen molar-refractivity contribution in [2.24, 2.45) is 0 Å². The quantitative estimate of drug-likeness (QED) is 0.715. The normalized spacial score (nSPS) is 15.0. The number of tetrazole rings is 1. The molecule has 3 rings (SSSR count). The highest BCUT2D eigenvalue weighted by molar-refractivity contribution is 7.12. The largest absolute Gasteiger partial charge is 0.338 e. The summed E-state index contributed by atoms with van der Waals surface area (Å²) in [6.07, 6.45) is 0. The second kappa shape index (κ2) is 8.57. The number of aromatic nitrogens is 4. The Morgan fingerprint density at radius 3 is 2.56 bits per heavy atom. The molecule has 10 heteroatoms. The Hall–Kier alpha value is -2.33. The van der Waals surface area contributed by atoms with E-state index in [2.05, 4.69) is 34.3 Å². The third-order valence-corrected chi connectivity index (χ3v) is 5.67. The summed E-state index contributed by atoms with van der Waals surface area (Å²) in [5, 5.41) is 13.6. The third kappa shape index (κ3) is 4.69. The van der Waals surface area contributed by atoms with Gasteiger partial charge in [-0.1, -0.05) is 6.07 Å². The van der Waals surface area contributed by atoms with Gasteiger partial charge in [0.05, 0.1) is 11.4 Å². The highest BCUT2D eigenvalue weighted by Gasteiger charge is 2.26. The minimum Gasteiger partial charge on any atom is -0.338 e. The number of rotatable bonds is 6. The van der Waals surface area contributed by atoms with Crippen molar-refractivity contribution in [1.29, 1.82) is 0 Å². The zero-order chi connectivity index (χ0) is 19.4. The predicted molar refractivity (Wildman–Crippen MR) is 101 cm³/mol. The fourth-order valence-corrected chi connectivity index (χ4v) is 3.50. The monoisotopic (exact) mass is 391 g/mol. The maximum absolute atomic E-state index is 12.6. The van der Waals surface area contributed by atoms with E-state index in [1.807, 2.05) is 24.6 Å². The molecular weight excluding hydrogens is 366 g/mol. The molecule has 2 aromatic rings. The van der Waals surface area contributed by atoms with Crippen molar-refractivity contribution in [3.8, 4) is 0 Å². The van der Waals surface area contributed by atoms with Gasteiger partial charge >= 0.3 is 0 Å². The molecule has 0 aromatic carbocycles. The summed E-state index contributed by atoms with van der Waals surface area (Å²) in [6.45, 7) is 7.03. The maximum Gasteiger partial charge on any atom is 0.264 e. The summed E-state index contributed by atoms with van der Waals surface area (Å²) < 4.78 is 1.56. The van der Waals surface area contributed by atoms with Crippen molar-refractivity contribution in [3.63, 3.8) is 0 Å². The van der Waals surface area contributed by atoms with Crippen LogP contribution in [0.3, 0.4) is 0 Å². The average Bonchev–Trinajstić information content (AvgIpc) is 3.33. The lowest BCUT2D eigenvalue weighted by Crippen LogP contribution is -2.51. The Morgan fingerprint density at radius 1 is 1.22 bits per heavy atom. The molecule has 0 radical (unpaired) electrons. The van der Waals surface area contributed by atoms with Crippen molar-refractivity contribution in [2.45, 2.75) is 33.0 Å². The van der Waals surface area contributed by atoms with E-state index < -0.39 is 0 Å². The van der Waals surface area contributed by atoms with Crippen LogP contribution in [0.15, 0.2) is 17.5 Å². The molecule has 0 saturated carbocycles. The van der Waals surface area contributed by atoms with Gasteiger partial charge < -0.3 is 9.80 Å². The SMILES string of the molecule is CC(C)N(C)Cc1nnnn1CC(=O)N1CCN(C(=O)c2cccs2)CC1. The van der Waals surface area contributed by atoms with Gasteiger partial charge in [0.2, 0.25) is 5.91 Å². The number of nitrogens with zero attached hydrogens (tertiary/aromatic N) is 7. The molecule has 0 atom stereocenters. The first kappa shape index (κ1) is 19.4. The van der Waals surface area contributed by atoms with Crippen LogP contribution in [0.2, 0.25) is 0 Å². The van der Waals surface area contributed by atoms with Crippen molar-refractivity contribution in [3.05, 3.63) is 28.2 Å². The number of carbonyl (C=O) groups is 2. The van der Waals surface area contributed by atoms with E-state index >= 15 is 0 Å². The van der Waals surface area contributed by atoms with Crippen LogP contribution in [-0.2, 0) is 17.9 Å². The van der Waals surface area contributed by atoms with E-state index in [1.54, 1.807) is 14.5 Å². The summed E-state index contributed by atoms with van der Waals surface area (Å²) in [5.41, 5.74) is 0. The Morgan fingerprint density at radius 2 is 1.93 bits per heavy atom. The summed E-state index contributed by atoms with van der Waals surface area (Å²) in [5.74, 6) is 0.682.